The lowest BCUT2D eigenvalue weighted by Gasteiger charge is -2.09. The summed E-state index contributed by atoms with van der Waals surface area (Å²) in [6.07, 6.45) is -0.0969. The van der Waals surface area contributed by atoms with Gasteiger partial charge in [0.2, 0.25) is 5.91 Å². The predicted octanol–water partition coefficient (Wildman–Crippen LogP) is 3.72. The molecule has 0 fully saturated rings. The molecular formula is C17H13ClFN3O3. The smallest absolute Gasteiger partial charge is 0.257 e. The van der Waals surface area contributed by atoms with Crippen molar-refractivity contribution in [3.63, 3.8) is 0 Å². The molecule has 1 aromatic heterocycles. The van der Waals surface area contributed by atoms with Gasteiger partial charge in [0.15, 0.2) is 5.82 Å². The van der Waals surface area contributed by atoms with E-state index >= 15 is 0 Å². The van der Waals surface area contributed by atoms with Crippen molar-refractivity contribution < 1.29 is 18.4 Å². The molecule has 25 heavy (non-hydrogen) atoms. The second-order valence-electron chi connectivity index (χ2n) is 5.09. The summed E-state index contributed by atoms with van der Waals surface area (Å²) in [5.41, 5.74) is 1.01. The van der Waals surface area contributed by atoms with Crippen LogP contribution >= 0.6 is 11.6 Å². The molecule has 1 heterocycles. The van der Waals surface area contributed by atoms with Gasteiger partial charge in [0.1, 0.15) is 11.6 Å². The second-order valence-corrected chi connectivity index (χ2v) is 5.53. The van der Waals surface area contributed by atoms with Crippen molar-refractivity contribution in [2.75, 3.05) is 12.4 Å². The van der Waals surface area contributed by atoms with Gasteiger partial charge in [-0.25, -0.2) is 4.39 Å². The topological polar surface area (TPSA) is 77.2 Å². The van der Waals surface area contributed by atoms with Crippen molar-refractivity contribution in [3.05, 3.63) is 59.1 Å². The molecule has 0 atom stereocenters. The van der Waals surface area contributed by atoms with E-state index in [2.05, 4.69) is 15.5 Å². The number of carbonyl (C=O) groups is 1. The molecule has 0 aliphatic heterocycles. The average Bonchev–Trinajstić information content (AvgIpc) is 3.04. The molecule has 0 unspecified atom stereocenters. The number of hydrogen-bond acceptors (Lipinski definition) is 5. The Labute approximate surface area is 147 Å². The number of ether oxygens (including phenoxy) is 1. The van der Waals surface area contributed by atoms with Gasteiger partial charge in [-0.3, -0.25) is 4.79 Å². The van der Waals surface area contributed by atoms with Crippen molar-refractivity contribution in [1.29, 1.82) is 0 Å². The average molecular weight is 362 g/mol. The summed E-state index contributed by atoms with van der Waals surface area (Å²) in [5, 5.41) is 6.91. The molecule has 3 aromatic rings. The molecule has 0 aliphatic rings. The van der Waals surface area contributed by atoms with Crippen LogP contribution in [-0.4, -0.2) is 23.2 Å². The Kier molecular flexibility index (Phi) is 4.95. The van der Waals surface area contributed by atoms with E-state index in [0.29, 0.717) is 22.0 Å². The van der Waals surface area contributed by atoms with E-state index in [-0.39, 0.29) is 29.9 Å². The number of benzene rings is 2. The van der Waals surface area contributed by atoms with Gasteiger partial charge in [-0.05, 0) is 42.5 Å². The van der Waals surface area contributed by atoms with E-state index < -0.39 is 0 Å². The summed E-state index contributed by atoms with van der Waals surface area (Å²) in [7, 11) is 1.49. The Morgan fingerprint density at radius 1 is 1.28 bits per heavy atom. The third kappa shape index (κ3) is 4.13. The summed E-state index contributed by atoms with van der Waals surface area (Å²) in [6, 6.07) is 10.5. The van der Waals surface area contributed by atoms with Crippen LogP contribution in [0.3, 0.4) is 0 Å². The summed E-state index contributed by atoms with van der Waals surface area (Å²) in [6.45, 7) is 0. The van der Waals surface area contributed by atoms with E-state index in [0.717, 1.165) is 0 Å². The molecule has 3 rings (SSSR count). The van der Waals surface area contributed by atoms with Crippen LogP contribution in [0.15, 0.2) is 47.0 Å². The molecule has 128 valence electrons. The molecule has 0 saturated carbocycles. The number of halogens is 2. The first-order chi connectivity index (χ1) is 12.0. The van der Waals surface area contributed by atoms with Crippen LogP contribution in [0, 0.1) is 5.82 Å². The molecule has 6 nitrogen and oxygen atoms in total. The van der Waals surface area contributed by atoms with Gasteiger partial charge in [0.25, 0.3) is 5.89 Å². The number of hydrogen-bond donors (Lipinski definition) is 1. The fourth-order valence-electron chi connectivity index (χ4n) is 2.15. The minimum absolute atomic E-state index is 0.0969. The van der Waals surface area contributed by atoms with Crippen molar-refractivity contribution in [2.45, 2.75) is 6.42 Å². The van der Waals surface area contributed by atoms with Gasteiger partial charge >= 0.3 is 0 Å². The number of amides is 1. The van der Waals surface area contributed by atoms with Crippen molar-refractivity contribution in [3.8, 4) is 17.2 Å². The van der Waals surface area contributed by atoms with Crippen LogP contribution in [0.2, 0.25) is 5.02 Å². The number of carbonyl (C=O) groups excluding carboxylic acids is 1. The molecule has 0 aliphatic carbocycles. The number of anilines is 1. The Morgan fingerprint density at radius 3 is 2.76 bits per heavy atom. The fraction of sp³-hybridized carbons (Fsp3) is 0.118. The molecule has 0 spiro atoms. The summed E-state index contributed by atoms with van der Waals surface area (Å²) in [4.78, 5) is 16.3. The minimum atomic E-state index is -0.363. The molecule has 0 saturated heterocycles. The number of methoxy groups -OCH3 is 1. The summed E-state index contributed by atoms with van der Waals surface area (Å²) >= 11 is 5.93. The number of nitrogens with zero attached hydrogens (tertiary/aromatic N) is 2. The van der Waals surface area contributed by atoms with Gasteiger partial charge in [0, 0.05) is 10.6 Å². The van der Waals surface area contributed by atoms with Gasteiger partial charge in [-0.15, -0.1) is 0 Å². The molecule has 0 radical (unpaired) electrons. The SMILES string of the molecule is COc1ccc(Cl)cc1NC(=O)Cc1noc(-c2ccc(F)cc2)n1. The highest BCUT2D eigenvalue weighted by atomic mass is 35.5. The largest absolute Gasteiger partial charge is 0.495 e. The Morgan fingerprint density at radius 2 is 2.04 bits per heavy atom. The predicted molar refractivity (Wildman–Crippen MR) is 90.0 cm³/mol. The normalized spacial score (nSPS) is 10.5. The third-order valence-corrected chi connectivity index (χ3v) is 3.55. The Hall–Kier alpha value is -2.93. The van der Waals surface area contributed by atoms with Crippen LogP contribution in [0.4, 0.5) is 10.1 Å². The zero-order chi connectivity index (χ0) is 17.8. The van der Waals surface area contributed by atoms with E-state index in [9.17, 15) is 9.18 Å². The molecular weight excluding hydrogens is 349 g/mol. The van der Waals surface area contributed by atoms with E-state index in [4.69, 9.17) is 20.9 Å². The highest BCUT2D eigenvalue weighted by molar-refractivity contribution is 6.31. The van der Waals surface area contributed by atoms with E-state index in [1.165, 1.54) is 31.4 Å². The summed E-state index contributed by atoms with van der Waals surface area (Å²) in [5.74, 6) is 0.184. The summed E-state index contributed by atoms with van der Waals surface area (Å²) < 4.78 is 23.2. The lowest BCUT2D eigenvalue weighted by molar-refractivity contribution is -0.115. The number of rotatable bonds is 5. The van der Waals surface area contributed by atoms with E-state index in [1.54, 1.807) is 18.2 Å². The van der Waals surface area contributed by atoms with Crippen molar-refractivity contribution >= 4 is 23.2 Å². The second kappa shape index (κ2) is 7.31. The zero-order valence-electron chi connectivity index (χ0n) is 13.1. The molecule has 1 N–H and O–H groups in total. The zero-order valence-corrected chi connectivity index (χ0v) is 13.9. The lowest BCUT2D eigenvalue weighted by atomic mass is 10.2. The fourth-order valence-corrected chi connectivity index (χ4v) is 2.32. The van der Waals surface area contributed by atoms with Crippen LogP contribution in [0.25, 0.3) is 11.5 Å². The number of aromatic nitrogens is 2. The molecule has 8 heteroatoms. The first kappa shape index (κ1) is 16.9. The maximum Gasteiger partial charge on any atom is 0.257 e. The van der Waals surface area contributed by atoms with Gasteiger partial charge < -0.3 is 14.6 Å². The van der Waals surface area contributed by atoms with Crippen LogP contribution in [0.1, 0.15) is 5.82 Å². The van der Waals surface area contributed by atoms with Crippen LogP contribution in [0.5, 0.6) is 5.75 Å². The maximum absolute atomic E-state index is 12.9. The molecule has 0 bridgehead atoms. The first-order valence-corrected chi connectivity index (χ1v) is 7.65. The first-order valence-electron chi connectivity index (χ1n) is 7.27. The highest BCUT2D eigenvalue weighted by Gasteiger charge is 2.14. The molecule has 1 amide bonds. The lowest BCUT2D eigenvalue weighted by Crippen LogP contribution is -2.15. The van der Waals surface area contributed by atoms with Gasteiger partial charge in [-0.2, -0.15) is 4.98 Å². The van der Waals surface area contributed by atoms with Crippen LogP contribution < -0.4 is 10.1 Å². The Bertz CT molecular complexity index is 896. The quantitative estimate of drug-likeness (QED) is 0.749. The Balaban J connectivity index is 1.70. The van der Waals surface area contributed by atoms with Gasteiger partial charge in [0.05, 0.1) is 19.2 Å². The van der Waals surface area contributed by atoms with Gasteiger partial charge in [-0.1, -0.05) is 16.8 Å². The minimum Gasteiger partial charge on any atom is -0.495 e. The standard InChI is InChI=1S/C17H13ClFN3O3/c1-24-14-7-4-11(18)8-13(14)20-16(23)9-15-21-17(25-22-15)10-2-5-12(19)6-3-10/h2-8H,9H2,1H3,(H,20,23). The monoisotopic (exact) mass is 361 g/mol. The third-order valence-electron chi connectivity index (χ3n) is 3.31. The van der Waals surface area contributed by atoms with Crippen LogP contribution in [-0.2, 0) is 11.2 Å². The number of nitrogens with one attached hydrogen (secondary N) is 1. The van der Waals surface area contributed by atoms with Crippen molar-refractivity contribution in [2.24, 2.45) is 0 Å². The highest BCUT2D eigenvalue weighted by Crippen LogP contribution is 2.27. The molecule has 2 aromatic carbocycles. The maximum atomic E-state index is 12.9. The van der Waals surface area contributed by atoms with E-state index in [1.807, 2.05) is 0 Å². The van der Waals surface area contributed by atoms with Crippen molar-refractivity contribution in [1.82, 2.24) is 10.1 Å².